The Kier molecular flexibility index (Phi) is 3.56. The molecular weight excluding hydrogens is 299 g/mol. The van der Waals surface area contributed by atoms with Crippen LogP contribution >= 0.6 is 22.3 Å². The molecule has 0 bridgehead atoms. The minimum Gasteiger partial charge on any atom is -0.220 e. The summed E-state index contributed by atoms with van der Waals surface area (Å²) in [6.45, 7) is 1.75. The Hall–Kier alpha value is -1.18. The van der Waals surface area contributed by atoms with Crippen LogP contribution in [0.1, 0.15) is 12.6 Å². The van der Waals surface area contributed by atoms with Crippen molar-refractivity contribution in [2.24, 2.45) is 0 Å². The summed E-state index contributed by atoms with van der Waals surface area (Å²) in [6.07, 6.45) is 3.38. The molecule has 0 aromatic carbocycles. The van der Waals surface area contributed by atoms with Crippen LogP contribution in [-0.2, 0) is 15.5 Å². The second-order valence-corrected chi connectivity index (χ2v) is 6.18. The Morgan fingerprint density at radius 1 is 1.33 bits per heavy atom. The molecule has 0 spiro atoms. The minimum absolute atomic E-state index is 0.118. The van der Waals surface area contributed by atoms with Gasteiger partial charge in [-0.3, -0.25) is 0 Å². The second-order valence-electron chi connectivity index (χ2n) is 3.32. The van der Waals surface area contributed by atoms with Gasteiger partial charge >= 0.3 is 0 Å². The highest BCUT2D eigenvalue weighted by molar-refractivity contribution is 8.13. The number of hydrogen-bond acceptors (Lipinski definition) is 5. The van der Waals surface area contributed by atoms with Gasteiger partial charge in [0.1, 0.15) is 4.90 Å². The lowest BCUT2D eigenvalue weighted by atomic mass is 10.3. The van der Waals surface area contributed by atoms with Gasteiger partial charge in [0.05, 0.1) is 5.69 Å². The first kappa shape index (κ1) is 13.3. The number of hydrogen-bond donors (Lipinski definition) is 0. The van der Waals surface area contributed by atoms with Crippen LogP contribution in [0.4, 0.5) is 0 Å². The molecule has 2 heterocycles. The third-order valence-electron chi connectivity index (χ3n) is 2.18. The Bertz CT molecular complexity index is 669. The van der Waals surface area contributed by atoms with E-state index in [-0.39, 0.29) is 21.7 Å². The average Bonchev–Trinajstić information content (AvgIpc) is 2.67. The van der Waals surface area contributed by atoms with Crippen LogP contribution in [-0.4, -0.2) is 28.2 Å². The fraction of sp³-hybridized carbons (Fsp3) is 0.222. The molecule has 0 unspecified atom stereocenters. The molecule has 0 radical (unpaired) electrons. The number of aryl methyl sites for hydroxylation is 1. The van der Waals surface area contributed by atoms with Gasteiger partial charge in [-0.25, -0.2) is 18.4 Å². The molecule has 0 aliphatic carbocycles. The van der Waals surface area contributed by atoms with E-state index in [0.717, 1.165) is 4.68 Å². The molecule has 18 heavy (non-hydrogen) atoms. The van der Waals surface area contributed by atoms with Crippen LogP contribution < -0.4 is 0 Å². The molecule has 0 fully saturated rings. The molecule has 0 atom stereocenters. The van der Waals surface area contributed by atoms with Crippen LogP contribution in [0.25, 0.3) is 5.95 Å². The van der Waals surface area contributed by atoms with Crippen molar-refractivity contribution in [3.05, 3.63) is 29.3 Å². The molecule has 9 heteroatoms. The standard InChI is InChI=1S/C9H8Cl2N4O2S/c1-2-6-7(18(11,16)17)8(10)15(14-6)9-12-4-3-5-13-9/h3-5H,2H2,1H3. The van der Waals surface area contributed by atoms with Crippen LogP contribution in [0.2, 0.25) is 5.15 Å². The number of halogens is 2. The zero-order chi connectivity index (χ0) is 13.3. The van der Waals surface area contributed by atoms with Gasteiger partial charge < -0.3 is 0 Å². The maximum absolute atomic E-state index is 11.5. The zero-order valence-corrected chi connectivity index (χ0v) is 11.5. The summed E-state index contributed by atoms with van der Waals surface area (Å²) >= 11 is 5.98. The average molecular weight is 307 g/mol. The summed E-state index contributed by atoms with van der Waals surface area (Å²) in [6, 6.07) is 1.63. The van der Waals surface area contributed by atoms with E-state index >= 15 is 0 Å². The lowest BCUT2D eigenvalue weighted by Crippen LogP contribution is -2.02. The molecule has 0 aliphatic rings. The molecule has 2 aromatic rings. The van der Waals surface area contributed by atoms with Crippen molar-refractivity contribution in [3.8, 4) is 5.95 Å². The van der Waals surface area contributed by atoms with Crippen molar-refractivity contribution in [3.63, 3.8) is 0 Å². The molecule has 96 valence electrons. The second kappa shape index (κ2) is 4.83. The van der Waals surface area contributed by atoms with Crippen LogP contribution in [0.5, 0.6) is 0 Å². The molecule has 2 rings (SSSR count). The first-order chi connectivity index (χ1) is 8.45. The molecule has 2 aromatic heterocycles. The highest BCUT2D eigenvalue weighted by Gasteiger charge is 2.26. The molecule has 0 saturated heterocycles. The number of rotatable bonds is 3. The van der Waals surface area contributed by atoms with E-state index in [2.05, 4.69) is 15.1 Å². The normalized spacial score (nSPS) is 11.7. The number of aromatic nitrogens is 4. The van der Waals surface area contributed by atoms with Gasteiger partial charge in [-0.2, -0.15) is 9.78 Å². The fourth-order valence-corrected chi connectivity index (χ4v) is 3.32. The topological polar surface area (TPSA) is 77.7 Å². The minimum atomic E-state index is -3.96. The summed E-state index contributed by atoms with van der Waals surface area (Å²) in [5, 5.41) is 3.94. The predicted molar refractivity (Wildman–Crippen MR) is 66.6 cm³/mol. The van der Waals surface area contributed by atoms with Crippen LogP contribution in [0, 0.1) is 0 Å². The van der Waals surface area contributed by atoms with E-state index in [1.54, 1.807) is 13.0 Å². The van der Waals surface area contributed by atoms with Crippen molar-refractivity contribution in [1.29, 1.82) is 0 Å². The van der Waals surface area contributed by atoms with Crippen molar-refractivity contribution < 1.29 is 8.42 Å². The molecule has 0 N–H and O–H groups in total. The van der Waals surface area contributed by atoms with Gasteiger partial charge in [-0.15, -0.1) is 0 Å². The molecule has 0 amide bonds. The monoisotopic (exact) mass is 306 g/mol. The fourth-order valence-electron chi connectivity index (χ4n) is 1.43. The predicted octanol–water partition coefficient (Wildman–Crippen LogP) is 1.81. The number of nitrogens with zero attached hydrogens (tertiary/aromatic N) is 4. The first-order valence-corrected chi connectivity index (χ1v) is 7.63. The highest BCUT2D eigenvalue weighted by Crippen LogP contribution is 2.29. The van der Waals surface area contributed by atoms with Crippen molar-refractivity contribution in [2.75, 3.05) is 0 Å². The Morgan fingerprint density at radius 3 is 2.39 bits per heavy atom. The van der Waals surface area contributed by atoms with E-state index in [1.165, 1.54) is 12.4 Å². The van der Waals surface area contributed by atoms with Gasteiger partial charge in [0.25, 0.3) is 15.0 Å². The quantitative estimate of drug-likeness (QED) is 0.808. The van der Waals surface area contributed by atoms with Crippen molar-refractivity contribution >= 4 is 31.3 Å². The Labute approximate surface area is 113 Å². The van der Waals surface area contributed by atoms with Gasteiger partial charge in [0.2, 0.25) is 0 Å². The van der Waals surface area contributed by atoms with Crippen LogP contribution in [0.3, 0.4) is 0 Å². The maximum atomic E-state index is 11.5. The maximum Gasteiger partial charge on any atom is 0.266 e. The molecule has 6 nitrogen and oxygen atoms in total. The lowest BCUT2D eigenvalue weighted by molar-refractivity contribution is 0.608. The van der Waals surface area contributed by atoms with E-state index in [1.807, 2.05) is 0 Å². The molecule has 0 aliphatic heterocycles. The SMILES string of the molecule is CCc1nn(-c2ncccn2)c(Cl)c1S(=O)(=O)Cl. The summed E-state index contributed by atoms with van der Waals surface area (Å²) in [7, 11) is 1.38. The van der Waals surface area contributed by atoms with E-state index < -0.39 is 9.05 Å². The van der Waals surface area contributed by atoms with Gasteiger partial charge in [-0.05, 0) is 12.5 Å². The Morgan fingerprint density at radius 2 is 1.94 bits per heavy atom. The van der Waals surface area contributed by atoms with E-state index in [9.17, 15) is 8.42 Å². The largest absolute Gasteiger partial charge is 0.266 e. The summed E-state index contributed by atoms with van der Waals surface area (Å²) in [5.41, 5.74) is 0.280. The third-order valence-corrected chi connectivity index (χ3v) is 4.02. The smallest absolute Gasteiger partial charge is 0.220 e. The third kappa shape index (κ3) is 2.33. The van der Waals surface area contributed by atoms with E-state index in [4.69, 9.17) is 22.3 Å². The highest BCUT2D eigenvalue weighted by atomic mass is 35.7. The van der Waals surface area contributed by atoms with Gasteiger partial charge in [0.15, 0.2) is 5.15 Å². The molecule has 0 saturated carbocycles. The van der Waals surface area contributed by atoms with E-state index in [0.29, 0.717) is 6.42 Å². The lowest BCUT2D eigenvalue weighted by Gasteiger charge is -1.99. The summed E-state index contributed by atoms with van der Waals surface area (Å²) in [4.78, 5) is 7.70. The summed E-state index contributed by atoms with van der Waals surface area (Å²) < 4.78 is 24.1. The Balaban J connectivity index is 2.70. The van der Waals surface area contributed by atoms with Gasteiger partial charge in [0, 0.05) is 23.1 Å². The molecular formula is C9H8Cl2N4O2S. The zero-order valence-electron chi connectivity index (χ0n) is 9.21. The van der Waals surface area contributed by atoms with Gasteiger partial charge in [-0.1, -0.05) is 18.5 Å². The summed E-state index contributed by atoms with van der Waals surface area (Å²) in [5.74, 6) is 0.184. The van der Waals surface area contributed by atoms with Crippen molar-refractivity contribution in [1.82, 2.24) is 19.7 Å². The van der Waals surface area contributed by atoms with Crippen molar-refractivity contribution in [2.45, 2.75) is 18.2 Å². The van der Waals surface area contributed by atoms with Crippen LogP contribution in [0.15, 0.2) is 23.4 Å². The first-order valence-electron chi connectivity index (χ1n) is 4.94.